The van der Waals surface area contributed by atoms with Crippen LogP contribution >= 0.6 is 0 Å². The minimum absolute atomic E-state index is 0.0572. The molecule has 2 rings (SSSR count). The molecule has 0 radical (unpaired) electrons. The molecule has 0 bridgehead atoms. The van der Waals surface area contributed by atoms with Gasteiger partial charge < -0.3 is 5.11 Å². The van der Waals surface area contributed by atoms with Gasteiger partial charge in [0.1, 0.15) is 0 Å². The van der Waals surface area contributed by atoms with Crippen molar-refractivity contribution in [2.45, 2.75) is 52.2 Å². The first-order valence-corrected chi connectivity index (χ1v) is 6.53. The van der Waals surface area contributed by atoms with E-state index in [4.69, 9.17) is 0 Å². The van der Waals surface area contributed by atoms with Crippen molar-refractivity contribution in [2.24, 2.45) is 10.4 Å². The van der Waals surface area contributed by atoms with Gasteiger partial charge in [0.25, 0.3) is 0 Å². The van der Waals surface area contributed by atoms with Crippen molar-refractivity contribution in [3.8, 4) is 0 Å². The summed E-state index contributed by atoms with van der Waals surface area (Å²) in [6.45, 7) is 10.8. The molecule has 1 unspecified atom stereocenters. The quantitative estimate of drug-likeness (QED) is 0.757. The first-order valence-electron chi connectivity index (χ1n) is 6.53. The Morgan fingerprint density at radius 2 is 1.94 bits per heavy atom. The highest BCUT2D eigenvalue weighted by Crippen LogP contribution is 2.35. The fraction of sp³-hybridized carbons (Fsp3) is 0.786. The van der Waals surface area contributed by atoms with E-state index in [1.54, 1.807) is 0 Å². The number of hydrogen-bond acceptors (Lipinski definition) is 3. The summed E-state index contributed by atoms with van der Waals surface area (Å²) in [4.78, 5) is 7.04. The van der Waals surface area contributed by atoms with Gasteiger partial charge in [-0.05, 0) is 25.8 Å². The van der Waals surface area contributed by atoms with Crippen LogP contribution < -0.4 is 0 Å². The van der Waals surface area contributed by atoms with Crippen LogP contribution in [-0.4, -0.2) is 40.5 Å². The lowest BCUT2D eigenvalue weighted by Gasteiger charge is -2.44. The summed E-state index contributed by atoms with van der Waals surface area (Å²) in [6, 6.07) is 0. The molecule has 3 heteroatoms. The molecule has 0 aliphatic carbocycles. The summed E-state index contributed by atoms with van der Waals surface area (Å²) in [7, 11) is 0. The monoisotopic (exact) mass is 236 g/mol. The molecule has 0 spiro atoms. The van der Waals surface area contributed by atoms with E-state index in [0.717, 1.165) is 25.9 Å². The third kappa shape index (κ3) is 2.31. The molecule has 1 N–H and O–H groups in total. The van der Waals surface area contributed by atoms with Crippen molar-refractivity contribution >= 4 is 5.71 Å². The number of nitrogens with zero attached hydrogens (tertiary/aromatic N) is 2. The van der Waals surface area contributed by atoms with E-state index in [0.29, 0.717) is 0 Å². The summed E-state index contributed by atoms with van der Waals surface area (Å²) in [5.74, 6) is 0. The number of aliphatic hydroxyl groups excluding tert-OH is 1. The summed E-state index contributed by atoms with van der Waals surface area (Å²) < 4.78 is 0. The van der Waals surface area contributed by atoms with Gasteiger partial charge in [-0.1, -0.05) is 20.8 Å². The molecule has 3 nitrogen and oxygen atoms in total. The summed E-state index contributed by atoms with van der Waals surface area (Å²) in [5, 5.41) is 9.60. The first kappa shape index (κ1) is 12.8. The molecule has 0 saturated carbocycles. The van der Waals surface area contributed by atoms with Crippen LogP contribution in [-0.2, 0) is 0 Å². The lowest BCUT2D eigenvalue weighted by molar-refractivity contribution is 0.0600. The summed E-state index contributed by atoms with van der Waals surface area (Å²) in [6.07, 6.45) is 5.77. The van der Waals surface area contributed by atoms with Crippen molar-refractivity contribution in [2.75, 3.05) is 13.1 Å². The lowest BCUT2D eigenvalue weighted by atomic mass is 9.77. The summed E-state index contributed by atoms with van der Waals surface area (Å²) in [5.41, 5.74) is 1.27. The van der Waals surface area contributed by atoms with Gasteiger partial charge in [-0.2, -0.15) is 0 Å². The Morgan fingerprint density at radius 1 is 1.35 bits per heavy atom. The topological polar surface area (TPSA) is 35.8 Å². The zero-order valence-electron chi connectivity index (χ0n) is 11.4. The van der Waals surface area contributed by atoms with Crippen molar-refractivity contribution in [1.82, 2.24) is 4.90 Å². The average molecular weight is 236 g/mol. The van der Waals surface area contributed by atoms with E-state index >= 15 is 0 Å². The van der Waals surface area contributed by atoms with Gasteiger partial charge in [-0.15, -0.1) is 0 Å². The highest BCUT2D eigenvalue weighted by atomic mass is 16.3. The van der Waals surface area contributed by atoms with Crippen LogP contribution in [0.15, 0.2) is 17.3 Å². The van der Waals surface area contributed by atoms with E-state index in [1.807, 2.05) is 6.20 Å². The zero-order valence-corrected chi connectivity index (χ0v) is 11.4. The van der Waals surface area contributed by atoms with Crippen LogP contribution in [0.5, 0.6) is 0 Å². The predicted octanol–water partition coefficient (Wildman–Crippen LogP) is 2.22. The largest absolute Gasteiger partial charge is 0.393 e. The van der Waals surface area contributed by atoms with Gasteiger partial charge in [-0.25, -0.2) is 0 Å². The van der Waals surface area contributed by atoms with Gasteiger partial charge in [0.2, 0.25) is 0 Å². The van der Waals surface area contributed by atoms with Crippen LogP contribution in [0, 0.1) is 5.41 Å². The molecular weight excluding hydrogens is 212 g/mol. The number of likely N-dealkylation sites (tertiary alicyclic amines) is 1. The highest BCUT2D eigenvalue weighted by Gasteiger charge is 2.43. The Kier molecular flexibility index (Phi) is 3.17. The first-order chi connectivity index (χ1) is 7.84. The smallest absolute Gasteiger partial charge is 0.0773 e. The Morgan fingerprint density at radius 3 is 2.47 bits per heavy atom. The molecule has 1 fully saturated rings. The van der Waals surface area contributed by atoms with Crippen LogP contribution in [0.1, 0.15) is 40.5 Å². The van der Waals surface area contributed by atoms with Gasteiger partial charge in [0, 0.05) is 30.4 Å². The van der Waals surface area contributed by atoms with Crippen LogP contribution in [0.4, 0.5) is 0 Å². The van der Waals surface area contributed by atoms with Gasteiger partial charge in [-0.3, -0.25) is 9.89 Å². The third-order valence-electron chi connectivity index (χ3n) is 3.91. The molecule has 1 saturated heterocycles. The molecule has 2 aliphatic heterocycles. The van der Waals surface area contributed by atoms with Crippen LogP contribution in [0.25, 0.3) is 0 Å². The van der Waals surface area contributed by atoms with Gasteiger partial charge >= 0.3 is 0 Å². The molecule has 1 atom stereocenters. The molecule has 0 aromatic rings. The van der Waals surface area contributed by atoms with Crippen molar-refractivity contribution < 1.29 is 5.11 Å². The predicted molar refractivity (Wildman–Crippen MR) is 71.2 cm³/mol. The molecule has 2 aliphatic rings. The summed E-state index contributed by atoms with van der Waals surface area (Å²) >= 11 is 0. The fourth-order valence-corrected chi connectivity index (χ4v) is 3.00. The Hall–Kier alpha value is -0.670. The maximum atomic E-state index is 9.60. The lowest BCUT2D eigenvalue weighted by Crippen LogP contribution is -2.56. The minimum Gasteiger partial charge on any atom is -0.393 e. The van der Waals surface area contributed by atoms with Crippen molar-refractivity contribution in [3.05, 3.63) is 12.3 Å². The highest BCUT2D eigenvalue weighted by molar-refractivity contribution is 6.01. The van der Waals surface area contributed by atoms with E-state index in [9.17, 15) is 5.11 Å². The average Bonchev–Trinajstić information content (AvgIpc) is 2.62. The Balaban J connectivity index is 2.19. The third-order valence-corrected chi connectivity index (χ3v) is 3.91. The Labute approximate surface area is 104 Å². The molecule has 0 aromatic carbocycles. The minimum atomic E-state index is -0.116. The van der Waals surface area contributed by atoms with Crippen molar-refractivity contribution in [1.29, 1.82) is 0 Å². The van der Waals surface area contributed by atoms with E-state index in [1.165, 1.54) is 5.71 Å². The standard InChI is InChI=1S/C14H24N2O/c1-13(2,3)12-14(4,7-8-15-12)16-9-5-11(17)6-10-16/h7-8,11,17H,5-6,9-10H2,1-4H3. The SMILES string of the molecule is CC(C)(C)C1=NC=CC1(C)N1CCC(O)CC1. The van der Waals surface area contributed by atoms with Crippen LogP contribution in [0.3, 0.4) is 0 Å². The normalized spacial score (nSPS) is 31.9. The number of aliphatic hydroxyl groups is 1. The van der Waals surface area contributed by atoms with Gasteiger partial charge in [0.05, 0.1) is 11.6 Å². The fourth-order valence-electron chi connectivity index (χ4n) is 3.00. The number of aliphatic imine (C=N–C) groups is 1. The van der Waals surface area contributed by atoms with E-state index in [-0.39, 0.29) is 17.1 Å². The number of hydrogen-bond donors (Lipinski definition) is 1. The van der Waals surface area contributed by atoms with E-state index in [2.05, 4.69) is 43.7 Å². The maximum Gasteiger partial charge on any atom is 0.0773 e. The van der Waals surface area contributed by atoms with E-state index < -0.39 is 0 Å². The maximum absolute atomic E-state index is 9.60. The second kappa shape index (κ2) is 4.21. The second-order valence-corrected chi connectivity index (χ2v) is 6.41. The molecule has 96 valence electrons. The Bertz CT molecular complexity index is 346. The van der Waals surface area contributed by atoms with Gasteiger partial charge in [0.15, 0.2) is 0 Å². The molecule has 2 heterocycles. The zero-order chi connectivity index (χ0) is 12.7. The van der Waals surface area contributed by atoms with Crippen LogP contribution in [0.2, 0.25) is 0 Å². The molecule has 0 amide bonds. The molecular formula is C14H24N2O. The second-order valence-electron chi connectivity index (χ2n) is 6.41. The van der Waals surface area contributed by atoms with Crippen molar-refractivity contribution in [3.63, 3.8) is 0 Å². The molecule has 17 heavy (non-hydrogen) atoms. The number of piperidine rings is 1. The number of rotatable bonds is 1. The molecule has 0 aromatic heterocycles.